The van der Waals surface area contributed by atoms with Crippen molar-refractivity contribution in [3.63, 3.8) is 0 Å². The summed E-state index contributed by atoms with van der Waals surface area (Å²) in [4.78, 5) is 11.4. The Kier molecular flexibility index (Phi) is 2.42. The quantitative estimate of drug-likeness (QED) is 0.727. The molecule has 4 nitrogen and oxygen atoms in total. The van der Waals surface area contributed by atoms with E-state index < -0.39 is 0 Å². The van der Waals surface area contributed by atoms with Gasteiger partial charge in [0.2, 0.25) is 0 Å². The highest BCUT2D eigenvalue weighted by molar-refractivity contribution is 6.30. The second-order valence-corrected chi connectivity index (χ2v) is 4.03. The van der Waals surface area contributed by atoms with E-state index in [1.54, 1.807) is 0 Å². The van der Waals surface area contributed by atoms with Crippen LogP contribution in [0.25, 0.3) is 11.0 Å². The number of fused-ring (bicyclic) bond motifs is 1. The normalized spacial score (nSPS) is 10.6. The summed E-state index contributed by atoms with van der Waals surface area (Å²) in [7, 11) is 0. The van der Waals surface area contributed by atoms with Crippen molar-refractivity contribution in [1.29, 1.82) is 0 Å². The molecule has 0 bridgehead atoms. The number of anilines is 2. The van der Waals surface area contributed by atoms with Gasteiger partial charge in [0, 0.05) is 16.9 Å². The van der Waals surface area contributed by atoms with Crippen molar-refractivity contribution in [3.8, 4) is 0 Å². The van der Waals surface area contributed by atoms with E-state index in [1.807, 2.05) is 36.5 Å². The molecular formula is C12H9ClN4. The van der Waals surface area contributed by atoms with Crippen molar-refractivity contribution in [1.82, 2.24) is 15.0 Å². The van der Waals surface area contributed by atoms with E-state index in [-0.39, 0.29) is 0 Å². The van der Waals surface area contributed by atoms with E-state index in [9.17, 15) is 0 Å². The highest BCUT2D eigenvalue weighted by atomic mass is 35.5. The minimum atomic E-state index is 0.689. The summed E-state index contributed by atoms with van der Waals surface area (Å²) in [5.74, 6) is 0.763. The zero-order chi connectivity index (χ0) is 11.7. The van der Waals surface area contributed by atoms with E-state index in [2.05, 4.69) is 20.3 Å². The smallest absolute Gasteiger partial charge is 0.143 e. The summed E-state index contributed by atoms with van der Waals surface area (Å²) in [6, 6.07) is 9.44. The monoisotopic (exact) mass is 244 g/mol. The van der Waals surface area contributed by atoms with Crippen molar-refractivity contribution in [2.45, 2.75) is 0 Å². The van der Waals surface area contributed by atoms with Crippen LogP contribution in [0.2, 0.25) is 5.02 Å². The first kappa shape index (κ1) is 10.1. The Morgan fingerprint density at radius 2 is 2.12 bits per heavy atom. The van der Waals surface area contributed by atoms with Crippen LogP contribution >= 0.6 is 11.6 Å². The van der Waals surface area contributed by atoms with Gasteiger partial charge in [-0.1, -0.05) is 17.7 Å². The summed E-state index contributed by atoms with van der Waals surface area (Å²) in [5, 5.41) is 4.86. The molecule has 2 N–H and O–H groups in total. The molecule has 5 heteroatoms. The van der Waals surface area contributed by atoms with Gasteiger partial charge in [-0.15, -0.1) is 0 Å². The SMILES string of the molecule is Clc1cccc(Nc2ncnc3[nH]ccc23)c1. The zero-order valence-corrected chi connectivity index (χ0v) is 9.57. The Morgan fingerprint density at radius 1 is 1.18 bits per heavy atom. The van der Waals surface area contributed by atoms with Crippen molar-refractivity contribution < 1.29 is 0 Å². The minimum absolute atomic E-state index is 0.689. The van der Waals surface area contributed by atoms with Crippen LogP contribution in [-0.2, 0) is 0 Å². The number of halogens is 1. The van der Waals surface area contributed by atoms with E-state index in [0.717, 1.165) is 22.5 Å². The number of aromatic nitrogens is 3. The van der Waals surface area contributed by atoms with Crippen molar-refractivity contribution in [3.05, 3.63) is 47.9 Å². The van der Waals surface area contributed by atoms with Gasteiger partial charge in [0.25, 0.3) is 0 Å². The average Bonchev–Trinajstić information content (AvgIpc) is 2.78. The third-order valence-electron chi connectivity index (χ3n) is 2.44. The predicted octanol–water partition coefficient (Wildman–Crippen LogP) is 3.35. The molecule has 0 saturated carbocycles. The van der Waals surface area contributed by atoms with Crippen LogP contribution in [0.1, 0.15) is 0 Å². The van der Waals surface area contributed by atoms with E-state index >= 15 is 0 Å². The molecule has 0 amide bonds. The molecule has 0 fully saturated rings. The molecule has 0 aliphatic rings. The van der Waals surface area contributed by atoms with Crippen molar-refractivity contribution in [2.24, 2.45) is 0 Å². The fraction of sp³-hybridized carbons (Fsp3) is 0. The second-order valence-electron chi connectivity index (χ2n) is 3.60. The Labute approximate surface area is 103 Å². The first-order chi connectivity index (χ1) is 8.33. The van der Waals surface area contributed by atoms with Gasteiger partial charge in [-0.25, -0.2) is 9.97 Å². The minimum Gasteiger partial charge on any atom is -0.346 e. The number of nitrogens with zero attached hydrogens (tertiary/aromatic N) is 2. The summed E-state index contributed by atoms with van der Waals surface area (Å²) in [6.45, 7) is 0. The van der Waals surface area contributed by atoms with Crippen LogP contribution in [0.15, 0.2) is 42.9 Å². The molecule has 0 saturated heterocycles. The number of hydrogen-bond acceptors (Lipinski definition) is 3. The lowest BCUT2D eigenvalue weighted by molar-refractivity contribution is 1.20. The molecule has 84 valence electrons. The number of H-pyrrole nitrogens is 1. The topological polar surface area (TPSA) is 53.6 Å². The molecule has 0 radical (unpaired) electrons. The maximum absolute atomic E-state index is 5.93. The van der Waals surface area contributed by atoms with Crippen LogP contribution in [0.4, 0.5) is 11.5 Å². The molecule has 1 aromatic carbocycles. The molecule has 17 heavy (non-hydrogen) atoms. The first-order valence-corrected chi connectivity index (χ1v) is 5.51. The summed E-state index contributed by atoms with van der Waals surface area (Å²) in [5.41, 5.74) is 1.71. The summed E-state index contributed by atoms with van der Waals surface area (Å²) >= 11 is 5.93. The Morgan fingerprint density at radius 3 is 3.00 bits per heavy atom. The Bertz CT molecular complexity index is 662. The van der Waals surface area contributed by atoms with Crippen LogP contribution < -0.4 is 5.32 Å². The molecular weight excluding hydrogens is 236 g/mol. The second kappa shape index (κ2) is 4.07. The van der Waals surface area contributed by atoms with Gasteiger partial charge in [-0.2, -0.15) is 0 Å². The van der Waals surface area contributed by atoms with Gasteiger partial charge in [0.1, 0.15) is 17.8 Å². The molecule has 2 aromatic heterocycles. The fourth-order valence-electron chi connectivity index (χ4n) is 1.67. The number of hydrogen-bond donors (Lipinski definition) is 2. The van der Waals surface area contributed by atoms with Crippen molar-refractivity contribution in [2.75, 3.05) is 5.32 Å². The van der Waals surface area contributed by atoms with Crippen LogP contribution in [0.3, 0.4) is 0 Å². The highest BCUT2D eigenvalue weighted by Crippen LogP contribution is 2.23. The Hall–Kier alpha value is -2.07. The van der Waals surface area contributed by atoms with Crippen LogP contribution in [0, 0.1) is 0 Å². The number of rotatable bonds is 2. The van der Waals surface area contributed by atoms with Gasteiger partial charge in [0.15, 0.2) is 0 Å². The maximum atomic E-state index is 5.93. The average molecular weight is 245 g/mol. The molecule has 0 atom stereocenters. The largest absolute Gasteiger partial charge is 0.346 e. The van der Waals surface area contributed by atoms with Gasteiger partial charge in [-0.05, 0) is 24.3 Å². The standard InChI is InChI=1S/C12H9ClN4/c13-8-2-1-3-9(6-8)17-12-10-4-5-14-11(10)15-7-16-12/h1-7H,(H2,14,15,16,17). The van der Waals surface area contributed by atoms with Crippen molar-refractivity contribution >= 4 is 34.1 Å². The van der Waals surface area contributed by atoms with Gasteiger partial charge < -0.3 is 10.3 Å². The third kappa shape index (κ3) is 1.94. The van der Waals surface area contributed by atoms with Crippen LogP contribution in [-0.4, -0.2) is 15.0 Å². The molecule has 0 spiro atoms. The highest BCUT2D eigenvalue weighted by Gasteiger charge is 2.04. The molecule has 2 heterocycles. The molecule has 0 aliphatic carbocycles. The first-order valence-electron chi connectivity index (χ1n) is 5.13. The zero-order valence-electron chi connectivity index (χ0n) is 8.81. The van der Waals surface area contributed by atoms with Gasteiger partial charge >= 0.3 is 0 Å². The van der Waals surface area contributed by atoms with E-state index in [1.165, 1.54) is 6.33 Å². The number of nitrogens with one attached hydrogen (secondary N) is 2. The van der Waals surface area contributed by atoms with Crippen LogP contribution in [0.5, 0.6) is 0 Å². The number of aromatic amines is 1. The van der Waals surface area contributed by atoms with Gasteiger partial charge in [0.05, 0.1) is 5.39 Å². The van der Waals surface area contributed by atoms with E-state index in [4.69, 9.17) is 11.6 Å². The lowest BCUT2D eigenvalue weighted by Gasteiger charge is -2.06. The molecule has 0 unspecified atom stereocenters. The third-order valence-corrected chi connectivity index (χ3v) is 2.68. The lowest BCUT2D eigenvalue weighted by atomic mass is 10.3. The van der Waals surface area contributed by atoms with Gasteiger partial charge in [-0.3, -0.25) is 0 Å². The molecule has 0 aliphatic heterocycles. The molecule has 3 rings (SSSR count). The Balaban J connectivity index is 2.02. The lowest BCUT2D eigenvalue weighted by Crippen LogP contribution is -1.94. The van der Waals surface area contributed by atoms with E-state index in [0.29, 0.717) is 5.02 Å². The molecule has 3 aromatic rings. The number of benzene rings is 1. The summed E-state index contributed by atoms with van der Waals surface area (Å²) < 4.78 is 0. The summed E-state index contributed by atoms with van der Waals surface area (Å²) in [6.07, 6.45) is 3.36. The maximum Gasteiger partial charge on any atom is 0.143 e. The predicted molar refractivity (Wildman–Crippen MR) is 68.6 cm³/mol. The fourth-order valence-corrected chi connectivity index (χ4v) is 1.87.